The lowest BCUT2D eigenvalue weighted by molar-refractivity contribution is 0.0741. The van der Waals surface area contributed by atoms with Gasteiger partial charge in [0.2, 0.25) is 6.79 Å². The Morgan fingerprint density at radius 1 is 0.976 bits per heavy atom. The predicted octanol–water partition coefficient (Wildman–Crippen LogP) is 4.00. The van der Waals surface area contributed by atoms with Gasteiger partial charge >= 0.3 is 6.09 Å². The number of methoxy groups -OCH3 is 1. The van der Waals surface area contributed by atoms with Gasteiger partial charge < -0.3 is 34.6 Å². The monoisotopic (exact) mass is 559 g/mol. The van der Waals surface area contributed by atoms with Crippen LogP contribution in [0, 0.1) is 0 Å². The molecule has 0 aliphatic carbocycles. The number of amides is 2. The van der Waals surface area contributed by atoms with Gasteiger partial charge in [-0.05, 0) is 73.1 Å². The second-order valence-corrected chi connectivity index (χ2v) is 10.3. The highest BCUT2D eigenvalue weighted by molar-refractivity contribution is 5.95. The van der Waals surface area contributed by atoms with Crippen molar-refractivity contribution >= 4 is 23.4 Å². The number of hydrogen-bond donors (Lipinski definition) is 2. The number of likely N-dealkylation sites (N-methyl/N-ethyl adjacent to an activating group) is 1. The molecular weight excluding hydrogens is 522 g/mol. The van der Waals surface area contributed by atoms with Gasteiger partial charge in [-0.25, -0.2) is 4.79 Å². The maximum atomic E-state index is 13.5. The van der Waals surface area contributed by atoms with Crippen LogP contribution in [0.2, 0.25) is 0 Å². The normalized spacial score (nSPS) is 14.6. The first-order chi connectivity index (χ1) is 19.9. The molecule has 0 spiro atoms. The Morgan fingerprint density at radius 3 is 2.54 bits per heavy atom. The van der Waals surface area contributed by atoms with Crippen LogP contribution in [-0.4, -0.2) is 82.0 Å². The number of ether oxygens (including phenoxy) is 3. The number of piperazine rings is 1. The molecule has 2 heterocycles. The molecule has 1 fully saturated rings. The third-order valence-electron chi connectivity index (χ3n) is 7.44. The Labute approximate surface area is 240 Å². The largest absolute Gasteiger partial charge is 0.454 e. The smallest absolute Gasteiger partial charge is 0.411 e. The van der Waals surface area contributed by atoms with Gasteiger partial charge in [0.25, 0.3) is 5.91 Å². The molecule has 0 bridgehead atoms. The lowest BCUT2D eigenvalue weighted by Crippen LogP contribution is -2.44. The fraction of sp³-hybridized carbons (Fsp3) is 0.355. The van der Waals surface area contributed by atoms with Crippen molar-refractivity contribution in [2.75, 3.05) is 70.4 Å². The molecule has 3 N–H and O–H groups in total. The number of rotatable bonds is 9. The van der Waals surface area contributed by atoms with Gasteiger partial charge in [-0.15, -0.1) is 0 Å². The quantitative estimate of drug-likeness (QED) is 0.405. The first-order valence-electron chi connectivity index (χ1n) is 13.9. The zero-order valence-corrected chi connectivity index (χ0v) is 23.6. The molecule has 5 rings (SSSR count). The van der Waals surface area contributed by atoms with Gasteiger partial charge in [0.05, 0.1) is 18.5 Å². The molecule has 41 heavy (non-hydrogen) atoms. The summed E-state index contributed by atoms with van der Waals surface area (Å²) in [5.41, 5.74) is 10.9. The lowest BCUT2D eigenvalue weighted by atomic mass is 10.0. The zero-order chi connectivity index (χ0) is 28.8. The molecule has 2 aliphatic heterocycles. The number of benzene rings is 3. The first kappa shape index (κ1) is 28.3. The summed E-state index contributed by atoms with van der Waals surface area (Å²) in [5.74, 6) is 1.12. The highest BCUT2D eigenvalue weighted by atomic mass is 16.7. The Kier molecular flexibility index (Phi) is 8.91. The van der Waals surface area contributed by atoms with Crippen molar-refractivity contribution in [2.45, 2.75) is 13.0 Å². The number of fused-ring (bicyclic) bond motifs is 1. The van der Waals surface area contributed by atoms with Gasteiger partial charge in [0.1, 0.15) is 0 Å². The second-order valence-electron chi connectivity index (χ2n) is 10.3. The van der Waals surface area contributed by atoms with Gasteiger partial charge in [-0.1, -0.05) is 24.3 Å². The number of nitrogens with two attached hydrogens (primary N) is 1. The molecule has 0 unspecified atom stereocenters. The minimum atomic E-state index is -0.510. The second kappa shape index (κ2) is 12.9. The molecular formula is C31H37N5O5. The third kappa shape index (κ3) is 6.72. The molecule has 3 aromatic rings. The van der Waals surface area contributed by atoms with E-state index >= 15 is 0 Å². The van der Waals surface area contributed by atoms with Crippen LogP contribution in [0.15, 0.2) is 60.7 Å². The van der Waals surface area contributed by atoms with E-state index in [0.29, 0.717) is 48.8 Å². The summed E-state index contributed by atoms with van der Waals surface area (Å²) in [5, 5.41) is 2.90. The first-order valence-corrected chi connectivity index (χ1v) is 13.9. The van der Waals surface area contributed by atoms with Crippen LogP contribution in [0.1, 0.15) is 22.3 Å². The molecule has 10 nitrogen and oxygen atoms in total. The maximum Gasteiger partial charge on any atom is 0.411 e. The van der Waals surface area contributed by atoms with Gasteiger partial charge in [0, 0.05) is 44.8 Å². The van der Waals surface area contributed by atoms with E-state index in [9.17, 15) is 9.59 Å². The number of nitrogens with one attached hydrogen (secondary N) is 1. The van der Waals surface area contributed by atoms with E-state index in [0.717, 1.165) is 48.6 Å². The van der Waals surface area contributed by atoms with Crippen molar-refractivity contribution in [1.29, 1.82) is 0 Å². The summed E-state index contributed by atoms with van der Waals surface area (Å²) < 4.78 is 15.8. The average Bonchev–Trinajstić information content (AvgIpc) is 3.47. The zero-order valence-electron chi connectivity index (χ0n) is 23.6. The van der Waals surface area contributed by atoms with E-state index in [4.69, 9.17) is 19.9 Å². The van der Waals surface area contributed by atoms with E-state index < -0.39 is 6.09 Å². The minimum Gasteiger partial charge on any atom is -0.454 e. The summed E-state index contributed by atoms with van der Waals surface area (Å²) in [6.07, 6.45) is 0.176. The van der Waals surface area contributed by atoms with Crippen LogP contribution in [0.4, 0.5) is 16.2 Å². The molecule has 2 aliphatic rings. The average molecular weight is 560 g/mol. The van der Waals surface area contributed by atoms with Gasteiger partial charge in [-0.3, -0.25) is 10.1 Å². The van der Waals surface area contributed by atoms with E-state index in [-0.39, 0.29) is 12.7 Å². The molecule has 216 valence electrons. The summed E-state index contributed by atoms with van der Waals surface area (Å²) >= 11 is 0. The Bertz CT molecular complexity index is 1390. The number of nitrogens with zero attached hydrogens (tertiary/aromatic N) is 3. The molecule has 0 aromatic heterocycles. The molecule has 1 saturated heterocycles. The number of carbonyl (C=O) groups is 2. The van der Waals surface area contributed by atoms with Crippen molar-refractivity contribution in [1.82, 2.24) is 9.80 Å². The maximum absolute atomic E-state index is 13.5. The van der Waals surface area contributed by atoms with Gasteiger partial charge in [-0.2, -0.15) is 0 Å². The molecule has 10 heteroatoms. The van der Waals surface area contributed by atoms with E-state index in [1.54, 1.807) is 18.2 Å². The molecule has 3 aromatic carbocycles. The summed E-state index contributed by atoms with van der Waals surface area (Å²) in [6.45, 7) is 5.24. The van der Waals surface area contributed by atoms with Crippen LogP contribution in [0.3, 0.4) is 0 Å². The fourth-order valence-corrected chi connectivity index (χ4v) is 5.12. The van der Waals surface area contributed by atoms with Crippen molar-refractivity contribution < 1.29 is 23.8 Å². The Balaban J connectivity index is 1.39. The summed E-state index contributed by atoms with van der Waals surface area (Å²) in [4.78, 5) is 32.1. The van der Waals surface area contributed by atoms with Crippen molar-refractivity contribution in [2.24, 2.45) is 5.73 Å². The van der Waals surface area contributed by atoms with Crippen molar-refractivity contribution in [3.63, 3.8) is 0 Å². The summed E-state index contributed by atoms with van der Waals surface area (Å²) in [6, 6.07) is 19.5. The Morgan fingerprint density at radius 2 is 1.76 bits per heavy atom. The third-order valence-corrected chi connectivity index (χ3v) is 7.44. The van der Waals surface area contributed by atoms with E-state index in [1.165, 1.54) is 7.11 Å². The Hall–Kier alpha value is -4.28. The minimum absolute atomic E-state index is 0.0942. The van der Waals surface area contributed by atoms with Crippen LogP contribution in [0.5, 0.6) is 11.5 Å². The molecule has 0 saturated carbocycles. The number of hydrogen-bond acceptors (Lipinski definition) is 8. The standard InChI is InChI=1S/C31H37N5O5/c1-34-13-15-35(16-14-34)27-9-7-24(18-26(27)33-31(38)39-2)23-6-3-5-22(17-23)20-36(12-4-11-32)30(37)25-8-10-28-29(19-25)41-21-40-28/h3,5-10,17-19H,4,11-16,20-21,32H2,1-2H3,(H,33,38). The topological polar surface area (TPSA) is 110 Å². The van der Waals surface area contributed by atoms with E-state index in [2.05, 4.69) is 40.4 Å². The lowest BCUT2D eigenvalue weighted by Gasteiger charge is -2.35. The molecule has 0 atom stereocenters. The van der Waals surface area contributed by atoms with E-state index in [1.807, 2.05) is 29.2 Å². The van der Waals surface area contributed by atoms with Crippen LogP contribution in [-0.2, 0) is 11.3 Å². The molecule has 2 amide bonds. The van der Waals surface area contributed by atoms with Crippen molar-refractivity contribution in [3.8, 4) is 22.6 Å². The highest BCUT2D eigenvalue weighted by Gasteiger charge is 2.22. The predicted molar refractivity (Wildman–Crippen MR) is 159 cm³/mol. The SMILES string of the molecule is COC(=O)Nc1cc(-c2cccc(CN(CCCN)C(=O)c3ccc4c(c3)OCO4)c2)ccc1N1CCN(C)CC1. The summed E-state index contributed by atoms with van der Waals surface area (Å²) in [7, 11) is 3.47. The van der Waals surface area contributed by atoms with Crippen LogP contribution < -0.4 is 25.4 Å². The highest BCUT2D eigenvalue weighted by Crippen LogP contribution is 2.34. The van der Waals surface area contributed by atoms with Gasteiger partial charge in [0.15, 0.2) is 11.5 Å². The van der Waals surface area contributed by atoms with Crippen LogP contribution in [0.25, 0.3) is 11.1 Å². The van der Waals surface area contributed by atoms with Crippen molar-refractivity contribution in [3.05, 3.63) is 71.8 Å². The fourth-order valence-electron chi connectivity index (χ4n) is 5.12. The molecule has 0 radical (unpaired) electrons. The van der Waals surface area contributed by atoms with Crippen LogP contribution >= 0.6 is 0 Å². The number of carbonyl (C=O) groups excluding carboxylic acids is 2. The number of anilines is 2.